The van der Waals surface area contributed by atoms with E-state index >= 15 is 0 Å². The number of hydrazone groups is 1. The van der Waals surface area contributed by atoms with Gasteiger partial charge in [0.1, 0.15) is 29.9 Å². The SMILES string of the molecule is C=NN(C=NC)CC(O)(c1ccc(F)cc1F)[C@@H](C)c1ncncc1F. The van der Waals surface area contributed by atoms with Crippen LogP contribution in [-0.4, -0.2) is 46.7 Å². The number of hydrogen-bond donors (Lipinski definition) is 1. The van der Waals surface area contributed by atoms with Gasteiger partial charge in [-0.2, -0.15) is 5.10 Å². The molecule has 1 unspecified atom stereocenters. The van der Waals surface area contributed by atoms with Gasteiger partial charge >= 0.3 is 0 Å². The minimum Gasteiger partial charge on any atom is -0.382 e. The Hall–Kier alpha value is -2.81. The zero-order chi connectivity index (χ0) is 19.3. The van der Waals surface area contributed by atoms with Crippen molar-refractivity contribution in [3.05, 3.63) is 59.4 Å². The van der Waals surface area contributed by atoms with E-state index in [0.717, 1.165) is 24.7 Å². The highest BCUT2D eigenvalue weighted by Crippen LogP contribution is 2.39. The third-order valence-electron chi connectivity index (χ3n) is 4.05. The van der Waals surface area contributed by atoms with Gasteiger partial charge in [0, 0.05) is 31.3 Å². The largest absolute Gasteiger partial charge is 0.382 e. The lowest BCUT2D eigenvalue weighted by atomic mass is 9.79. The minimum absolute atomic E-state index is 0.122. The van der Waals surface area contributed by atoms with E-state index in [4.69, 9.17) is 0 Å². The molecule has 0 aliphatic carbocycles. The van der Waals surface area contributed by atoms with Crippen molar-refractivity contribution in [2.75, 3.05) is 13.6 Å². The monoisotopic (exact) mass is 365 g/mol. The van der Waals surface area contributed by atoms with Crippen LogP contribution in [-0.2, 0) is 5.60 Å². The molecule has 1 N–H and O–H groups in total. The second-order valence-electron chi connectivity index (χ2n) is 5.64. The highest BCUT2D eigenvalue weighted by Gasteiger charge is 2.42. The number of halogens is 3. The summed E-state index contributed by atoms with van der Waals surface area (Å²) in [4.78, 5) is 11.2. The Morgan fingerprint density at radius 1 is 1.35 bits per heavy atom. The van der Waals surface area contributed by atoms with E-state index in [-0.39, 0.29) is 17.8 Å². The maximum Gasteiger partial charge on any atom is 0.163 e. The van der Waals surface area contributed by atoms with Gasteiger partial charge in [-0.15, -0.1) is 0 Å². The highest BCUT2D eigenvalue weighted by molar-refractivity contribution is 5.55. The molecule has 1 aromatic carbocycles. The van der Waals surface area contributed by atoms with Crippen LogP contribution in [0.1, 0.15) is 24.1 Å². The van der Waals surface area contributed by atoms with Crippen LogP contribution < -0.4 is 0 Å². The van der Waals surface area contributed by atoms with Crippen LogP contribution in [0.15, 0.2) is 40.8 Å². The van der Waals surface area contributed by atoms with Crippen LogP contribution in [0.3, 0.4) is 0 Å². The fourth-order valence-electron chi connectivity index (χ4n) is 2.67. The molecule has 2 rings (SSSR count). The molecule has 138 valence electrons. The molecule has 0 fully saturated rings. The fraction of sp³-hybridized carbons (Fsp3) is 0.294. The van der Waals surface area contributed by atoms with Gasteiger partial charge < -0.3 is 5.11 Å². The Morgan fingerprint density at radius 2 is 2.08 bits per heavy atom. The topological polar surface area (TPSA) is 74.0 Å². The van der Waals surface area contributed by atoms with E-state index in [9.17, 15) is 18.3 Å². The first-order valence-corrected chi connectivity index (χ1v) is 7.62. The molecule has 2 atom stereocenters. The molecule has 0 saturated heterocycles. The van der Waals surface area contributed by atoms with Gasteiger partial charge in [-0.1, -0.05) is 13.0 Å². The van der Waals surface area contributed by atoms with Crippen LogP contribution >= 0.6 is 0 Å². The van der Waals surface area contributed by atoms with Crippen molar-refractivity contribution in [1.29, 1.82) is 0 Å². The number of nitrogens with zero attached hydrogens (tertiary/aromatic N) is 5. The first kappa shape index (κ1) is 19.5. The molecular weight excluding hydrogens is 347 g/mol. The third-order valence-corrected chi connectivity index (χ3v) is 4.05. The van der Waals surface area contributed by atoms with Gasteiger partial charge in [0.2, 0.25) is 0 Å². The van der Waals surface area contributed by atoms with Crippen molar-refractivity contribution in [3.8, 4) is 0 Å². The van der Waals surface area contributed by atoms with Crippen LogP contribution in [0.2, 0.25) is 0 Å². The predicted octanol–water partition coefficient (Wildman–Crippen LogP) is 2.46. The molecule has 9 heteroatoms. The Balaban J connectivity index is 2.60. The smallest absolute Gasteiger partial charge is 0.163 e. The van der Waals surface area contributed by atoms with Gasteiger partial charge in [-0.05, 0) is 6.07 Å². The molecule has 1 aromatic heterocycles. The van der Waals surface area contributed by atoms with E-state index in [0.29, 0.717) is 6.07 Å². The molecule has 0 amide bonds. The Kier molecular flexibility index (Phi) is 6.04. The third kappa shape index (κ3) is 3.88. The Bertz CT molecular complexity index is 817. The lowest BCUT2D eigenvalue weighted by molar-refractivity contribution is -0.0104. The highest BCUT2D eigenvalue weighted by atomic mass is 19.1. The van der Waals surface area contributed by atoms with E-state index in [1.807, 2.05) is 0 Å². The standard InChI is InChI=1S/C17H18F3N5O/c1-11(16-15(20)7-23-9-24-16)17(26,8-25(22-3)10-21-2)13-5-4-12(18)6-14(13)19/h4-7,9-11,26H,3,8H2,1-2H3/t11-,17?/m0/s1. The molecule has 0 aliphatic heterocycles. The first-order valence-electron chi connectivity index (χ1n) is 7.62. The molecule has 0 spiro atoms. The average molecular weight is 365 g/mol. The molecular formula is C17H18F3N5O. The number of hydrogen-bond acceptors (Lipinski definition) is 5. The summed E-state index contributed by atoms with van der Waals surface area (Å²) in [5.41, 5.74) is -2.37. The Labute approximate surface area is 148 Å². The summed E-state index contributed by atoms with van der Waals surface area (Å²) < 4.78 is 41.9. The second-order valence-corrected chi connectivity index (χ2v) is 5.64. The zero-order valence-electron chi connectivity index (χ0n) is 14.3. The molecule has 26 heavy (non-hydrogen) atoms. The molecule has 0 aliphatic rings. The summed E-state index contributed by atoms with van der Waals surface area (Å²) >= 11 is 0. The maximum atomic E-state index is 14.4. The minimum atomic E-state index is -2.02. The van der Waals surface area contributed by atoms with Crippen molar-refractivity contribution in [1.82, 2.24) is 15.0 Å². The van der Waals surface area contributed by atoms with Gasteiger partial charge in [0.25, 0.3) is 0 Å². The van der Waals surface area contributed by atoms with Crippen molar-refractivity contribution in [2.24, 2.45) is 10.1 Å². The summed E-state index contributed by atoms with van der Waals surface area (Å²) in [5.74, 6) is -3.57. The van der Waals surface area contributed by atoms with E-state index in [1.165, 1.54) is 25.3 Å². The van der Waals surface area contributed by atoms with Crippen LogP contribution in [0, 0.1) is 17.5 Å². The zero-order valence-corrected chi connectivity index (χ0v) is 14.3. The summed E-state index contributed by atoms with van der Waals surface area (Å²) in [6, 6.07) is 2.75. The molecule has 2 aromatic rings. The molecule has 1 heterocycles. The average Bonchev–Trinajstić information content (AvgIpc) is 2.61. The van der Waals surface area contributed by atoms with Crippen molar-refractivity contribution in [2.45, 2.75) is 18.4 Å². The molecule has 0 bridgehead atoms. The molecule has 6 nitrogen and oxygen atoms in total. The van der Waals surface area contributed by atoms with E-state index in [1.54, 1.807) is 0 Å². The number of rotatable bonds is 7. The Morgan fingerprint density at radius 3 is 2.65 bits per heavy atom. The quantitative estimate of drug-likeness (QED) is 0.465. The lowest BCUT2D eigenvalue weighted by Crippen LogP contribution is -2.43. The summed E-state index contributed by atoms with van der Waals surface area (Å²) in [6.45, 7) is 4.52. The number of aromatic nitrogens is 2. The number of benzene rings is 1. The van der Waals surface area contributed by atoms with Crippen LogP contribution in [0.5, 0.6) is 0 Å². The summed E-state index contributed by atoms with van der Waals surface area (Å²) in [6.07, 6.45) is 3.33. The molecule has 0 radical (unpaired) electrons. The summed E-state index contributed by atoms with van der Waals surface area (Å²) in [5, 5.41) is 16.2. The van der Waals surface area contributed by atoms with Gasteiger partial charge in [0.05, 0.1) is 18.4 Å². The predicted molar refractivity (Wildman–Crippen MR) is 91.3 cm³/mol. The van der Waals surface area contributed by atoms with Crippen LogP contribution in [0.4, 0.5) is 13.2 Å². The lowest BCUT2D eigenvalue weighted by Gasteiger charge is -2.36. The van der Waals surface area contributed by atoms with Crippen molar-refractivity contribution in [3.63, 3.8) is 0 Å². The number of aliphatic imine (C=N–C) groups is 1. The fourth-order valence-corrected chi connectivity index (χ4v) is 2.67. The van der Waals surface area contributed by atoms with Gasteiger partial charge in [-0.3, -0.25) is 10.0 Å². The summed E-state index contributed by atoms with van der Waals surface area (Å²) in [7, 11) is 1.48. The van der Waals surface area contributed by atoms with Crippen molar-refractivity contribution >= 4 is 13.1 Å². The maximum absolute atomic E-state index is 14.4. The normalized spacial score (nSPS) is 14.8. The van der Waals surface area contributed by atoms with E-state index in [2.05, 4.69) is 26.8 Å². The van der Waals surface area contributed by atoms with Crippen LogP contribution in [0.25, 0.3) is 0 Å². The number of aliphatic hydroxyl groups is 1. The van der Waals surface area contributed by atoms with E-state index < -0.39 is 29.0 Å². The van der Waals surface area contributed by atoms with Gasteiger partial charge in [0.15, 0.2) is 5.82 Å². The molecule has 0 saturated carbocycles. The first-order chi connectivity index (χ1) is 12.3. The van der Waals surface area contributed by atoms with Crippen molar-refractivity contribution < 1.29 is 18.3 Å². The van der Waals surface area contributed by atoms with Gasteiger partial charge in [-0.25, -0.2) is 23.1 Å². The second kappa shape index (κ2) is 8.05.